The average molecular weight is 159 g/mol. The van der Waals surface area contributed by atoms with Gasteiger partial charge in [0.2, 0.25) is 0 Å². The van der Waals surface area contributed by atoms with E-state index in [9.17, 15) is 0 Å². The maximum atomic E-state index is 5.54. The van der Waals surface area contributed by atoms with Crippen molar-refractivity contribution in [2.75, 3.05) is 0 Å². The second-order valence-corrected chi connectivity index (χ2v) is 2.02. The summed E-state index contributed by atoms with van der Waals surface area (Å²) in [7, 11) is 0. The third-order valence-corrected chi connectivity index (χ3v) is 0.843. The second kappa shape index (κ2) is 8.51. The van der Waals surface area contributed by atoms with Crippen molar-refractivity contribution in [1.82, 2.24) is 0 Å². The number of hydrogen-bond acceptors (Lipinski definition) is 0. The molecule has 0 amide bonds. The standard InChI is InChI=1S/C7H9Cl.C2H6/c1-4-7(8)5-6(2)3;1-2/h4-5H,1-2H2,3H3;1-2H3/b7-5+;. The van der Waals surface area contributed by atoms with Crippen LogP contribution in [0.4, 0.5) is 0 Å². The fraction of sp³-hybridized carbons (Fsp3) is 0.333. The van der Waals surface area contributed by atoms with Crippen LogP contribution < -0.4 is 0 Å². The van der Waals surface area contributed by atoms with E-state index < -0.39 is 0 Å². The van der Waals surface area contributed by atoms with Gasteiger partial charge in [-0.3, -0.25) is 0 Å². The van der Waals surface area contributed by atoms with E-state index in [1.807, 2.05) is 20.8 Å². The topological polar surface area (TPSA) is 0 Å². The van der Waals surface area contributed by atoms with Gasteiger partial charge < -0.3 is 0 Å². The Morgan fingerprint density at radius 2 is 1.80 bits per heavy atom. The third kappa shape index (κ3) is 10.5. The van der Waals surface area contributed by atoms with Crippen molar-refractivity contribution in [2.45, 2.75) is 20.8 Å². The monoisotopic (exact) mass is 158 g/mol. The first-order valence-electron chi connectivity index (χ1n) is 3.32. The molecule has 0 saturated carbocycles. The van der Waals surface area contributed by atoms with E-state index in [1.54, 1.807) is 12.2 Å². The van der Waals surface area contributed by atoms with E-state index in [0.29, 0.717) is 5.03 Å². The Morgan fingerprint density at radius 3 is 1.90 bits per heavy atom. The van der Waals surface area contributed by atoms with Crippen molar-refractivity contribution in [2.24, 2.45) is 0 Å². The summed E-state index contributed by atoms with van der Waals surface area (Å²) in [4.78, 5) is 0. The molecule has 0 aromatic rings. The summed E-state index contributed by atoms with van der Waals surface area (Å²) in [5.41, 5.74) is 0.940. The Kier molecular flexibility index (Phi) is 10.4. The molecule has 1 heteroatoms. The lowest BCUT2D eigenvalue weighted by atomic mass is 10.3. The lowest BCUT2D eigenvalue weighted by Crippen LogP contribution is -1.63. The molecule has 0 aromatic heterocycles. The maximum absolute atomic E-state index is 5.54. The van der Waals surface area contributed by atoms with Crippen LogP contribution in [0.2, 0.25) is 0 Å². The van der Waals surface area contributed by atoms with Gasteiger partial charge in [0.25, 0.3) is 0 Å². The Labute approximate surface area is 68.9 Å². The Bertz CT molecular complexity index is 132. The Balaban J connectivity index is 0. The highest BCUT2D eigenvalue weighted by Crippen LogP contribution is 2.04. The van der Waals surface area contributed by atoms with E-state index in [1.165, 1.54) is 0 Å². The number of allylic oxidation sites excluding steroid dienone is 4. The van der Waals surface area contributed by atoms with Gasteiger partial charge in [-0.25, -0.2) is 0 Å². The van der Waals surface area contributed by atoms with Gasteiger partial charge in [0.15, 0.2) is 0 Å². The number of rotatable bonds is 2. The molecule has 0 bridgehead atoms. The van der Waals surface area contributed by atoms with E-state index in [2.05, 4.69) is 13.2 Å². The Morgan fingerprint density at radius 1 is 1.40 bits per heavy atom. The summed E-state index contributed by atoms with van der Waals surface area (Å²) in [6.45, 7) is 13.0. The maximum Gasteiger partial charge on any atom is 0.0402 e. The van der Waals surface area contributed by atoms with E-state index in [0.717, 1.165) is 5.57 Å². The quantitative estimate of drug-likeness (QED) is 0.535. The highest BCUT2D eigenvalue weighted by molar-refractivity contribution is 6.31. The first-order valence-corrected chi connectivity index (χ1v) is 3.69. The lowest BCUT2D eigenvalue weighted by Gasteiger charge is -1.85. The van der Waals surface area contributed by atoms with Crippen LogP contribution >= 0.6 is 11.6 Å². The molecule has 0 heterocycles. The van der Waals surface area contributed by atoms with Gasteiger partial charge in [-0.15, -0.1) is 0 Å². The first-order chi connectivity index (χ1) is 4.66. The van der Waals surface area contributed by atoms with Crippen molar-refractivity contribution in [1.29, 1.82) is 0 Å². The normalized spacial score (nSPS) is 9.40. The van der Waals surface area contributed by atoms with Gasteiger partial charge in [-0.2, -0.15) is 0 Å². The summed E-state index contributed by atoms with van der Waals surface area (Å²) in [6.07, 6.45) is 3.34. The first kappa shape index (κ1) is 12.2. The number of hydrogen-bond donors (Lipinski definition) is 0. The van der Waals surface area contributed by atoms with E-state index >= 15 is 0 Å². The molecule has 0 aliphatic heterocycles. The largest absolute Gasteiger partial charge is 0.0976 e. The fourth-order valence-electron chi connectivity index (χ4n) is 0.294. The molecule has 58 valence electrons. The Hall–Kier alpha value is -0.490. The molecule has 0 nitrogen and oxygen atoms in total. The average Bonchev–Trinajstić information content (AvgIpc) is 1.91. The molecule has 0 rings (SSSR count). The van der Waals surface area contributed by atoms with Crippen molar-refractivity contribution < 1.29 is 0 Å². The summed E-state index contributed by atoms with van der Waals surface area (Å²) in [5.74, 6) is 0. The van der Waals surface area contributed by atoms with Crippen molar-refractivity contribution in [3.8, 4) is 0 Å². The highest BCUT2D eigenvalue weighted by atomic mass is 35.5. The summed E-state index contributed by atoms with van der Waals surface area (Å²) in [6, 6.07) is 0. The van der Waals surface area contributed by atoms with Gasteiger partial charge in [0, 0.05) is 5.03 Å². The molecule has 0 aliphatic rings. The van der Waals surface area contributed by atoms with E-state index in [-0.39, 0.29) is 0 Å². The molecule has 0 fully saturated rings. The van der Waals surface area contributed by atoms with Gasteiger partial charge >= 0.3 is 0 Å². The molecule has 0 unspecified atom stereocenters. The predicted octanol–water partition coefficient (Wildman–Crippen LogP) is 3.90. The van der Waals surface area contributed by atoms with Crippen molar-refractivity contribution in [3.63, 3.8) is 0 Å². The van der Waals surface area contributed by atoms with Crippen LogP contribution in [0.15, 0.2) is 35.9 Å². The third-order valence-electron chi connectivity index (χ3n) is 0.579. The molecular formula is C9H15Cl. The predicted molar refractivity (Wildman–Crippen MR) is 50.3 cm³/mol. The molecule has 0 spiro atoms. The molecule has 0 atom stereocenters. The second-order valence-electron chi connectivity index (χ2n) is 1.58. The molecule has 0 radical (unpaired) electrons. The highest BCUT2D eigenvalue weighted by Gasteiger charge is 1.79. The lowest BCUT2D eigenvalue weighted by molar-refractivity contribution is 1.50. The molecule has 0 saturated heterocycles. The molecule has 0 N–H and O–H groups in total. The summed E-state index contributed by atoms with van der Waals surface area (Å²) >= 11 is 5.54. The zero-order chi connectivity index (χ0) is 8.57. The van der Waals surface area contributed by atoms with E-state index in [4.69, 9.17) is 11.6 Å². The van der Waals surface area contributed by atoms with Crippen LogP contribution in [0.25, 0.3) is 0 Å². The molecule has 0 aliphatic carbocycles. The zero-order valence-corrected chi connectivity index (χ0v) is 7.70. The van der Waals surface area contributed by atoms with Crippen LogP contribution in [0, 0.1) is 0 Å². The minimum absolute atomic E-state index is 0.637. The molecule has 0 aromatic carbocycles. The minimum atomic E-state index is 0.637. The van der Waals surface area contributed by atoms with Crippen molar-refractivity contribution >= 4 is 11.6 Å². The summed E-state index contributed by atoms with van der Waals surface area (Å²) in [5, 5.41) is 0.637. The van der Waals surface area contributed by atoms with Crippen LogP contribution in [0.3, 0.4) is 0 Å². The van der Waals surface area contributed by atoms with Crippen LogP contribution in [-0.4, -0.2) is 0 Å². The van der Waals surface area contributed by atoms with Gasteiger partial charge in [-0.05, 0) is 13.0 Å². The molecule has 10 heavy (non-hydrogen) atoms. The van der Waals surface area contributed by atoms with Gasteiger partial charge in [0.05, 0.1) is 0 Å². The fourth-order valence-corrected chi connectivity index (χ4v) is 0.481. The van der Waals surface area contributed by atoms with Crippen molar-refractivity contribution in [3.05, 3.63) is 35.9 Å². The number of halogens is 1. The SMILES string of the molecule is C=C/C(Cl)=C\C(=C)C.CC. The zero-order valence-electron chi connectivity index (χ0n) is 6.95. The summed E-state index contributed by atoms with van der Waals surface area (Å²) < 4.78 is 0. The van der Waals surface area contributed by atoms with Crippen LogP contribution in [0.5, 0.6) is 0 Å². The van der Waals surface area contributed by atoms with Crippen LogP contribution in [-0.2, 0) is 0 Å². The smallest absolute Gasteiger partial charge is 0.0402 e. The van der Waals surface area contributed by atoms with Gasteiger partial charge in [0.1, 0.15) is 0 Å². The van der Waals surface area contributed by atoms with Gasteiger partial charge in [-0.1, -0.05) is 50.3 Å². The molecular weight excluding hydrogens is 144 g/mol. The minimum Gasteiger partial charge on any atom is -0.0976 e. The van der Waals surface area contributed by atoms with Crippen LogP contribution in [0.1, 0.15) is 20.8 Å².